The lowest BCUT2D eigenvalue weighted by atomic mass is 10.1. The standard InChI is InChI=1S/C19H18N2O4/c1-12(2)24-14-6-7-15-16(10-18(22)25-17(15)9-14)19(23)21(3)13-5-4-8-20-11-13/h4-12H,1-3H3. The van der Waals surface area contributed by atoms with Gasteiger partial charge in [-0.25, -0.2) is 4.79 Å². The van der Waals surface area contributed by atoms with Crippen LogP contribution in [0.2, 0.25) is 0 Å². The number of hydrogen-bond acceptors (Lipinski definition) is 5. The van der Waals surface area contributed by atoms with Crippen molar-refractivity contribution in [2.45, 2.75) is 20.0 Å². The van der Waals surface area contributed by atoms with E-state index in [4.69, 9.17) is 9.15 Å². The van der Waals surface area contributed by atoms with Crippen molar-refractivity contribution in [1.82, 2.24) is 4.98 Å². The van der Waals surface area contributed by atoms with Gasteiger partial charge < -0.3 is 14.1 Å². The van der Waals surface area contributed by atoms with Gasteiger partial charge >= 0.3 is 5.63 Å². The van der Waals surface area contributed by atoms with Crippen LogP contribution in [0.5, 0.6) is 5.75 Å². The SMILES string of the molecule is CC(C)Oc1ccc2c(C(=O)N(C)c3cccnc3)cc(=O)oc2c1. The molecule has 0 fully saturated rings. The fraction of sp³-hybridized carbons (Fsp3) is 0.211. The minimum atomic E-state index is -0.586. The molecule has 1 amide bonds. The van der Waals surface area contributed by atoms with Gasteiger partial charge in [-0.15, -0.1) is 0 Å². The zero-order valence-corrected chi connectivity index (χ0v) is 14.2. The maximum absolute atomic E-state index is 12.9. The third-order valence-corrected chi connectivity index (χ3v) is 3.66. The summed E-state index contributed by atoms with van der Waals surface area (Å²) in [6.07, 6.45) is 3.20. The number of pyridine rings is 1. The van der Waals surface area contributed by atoms with E-state index in [-0.39, 0.29) is 17.6 Å². The third kappa shape index (κ3) is 3.52. The highest BCUT2D eigenvalue weighted by Gasteiger charge is 2.19. The Balaban J connectivity index is 2.06. The van der Waals surface area contributed by atoms with Crippen molar-refractivity contribution in [3.8, 4) is 5.75 Å². The molecular formula is C19H18N2O4. The highest BCUT2D eigenvalue weighted by atomic mass is 16.5. The molecule has 25 heavy (non-hydrogen) atoms. The highest BCUT2D eigenvalue weighted by Crippen LogP contribution is 2.25. The van der Waals surface area contributed by atoms with Crippen LogP contribution >= 0.6 is 0 Å². The fourth-order valence-corrected chi connectivity index (χ4v) is 2.52. The molecule has 0 N–H and O–H groups in total. The quantitative estimate of drug-likeness (QED) is 0.683. The first-order valence-corrected chi connectivity index (χ1v) is 7.88. The molecule has 0 aliphatic carbocycles. The molecule has 2 aromatic heterocycles. The van der Waals surface area contributed by atoms with Gasteiger partial charge in [-0.3, -0.25) is 9.78 Å². The second kappa shape index (κ2) is 6.76. The van der Waals surface area contributed by atoms with Gasteiger partial charge in [0.1, 0.15) is 11.3 Å². The Kier molecular flexibility index (Phi) is 4.52. The second-order valence-corrected chi connectivity index (χ2v) is 5.88. The molecule has 0 spiro atoms. The van der Waals surface area contributed by atoms with Crippen molar-refractivity contribution in [2.24, 2.45) is 0 Å². The number of amides is 1. The van der Waals surface area contributed by atoms with Crippen LogP contribution in [0, 0.1) is 0 Å². The number of benzene rings is 1. The summed E-state index contributed by atoms with van der Waals surface area (Å²) in [5.74, 6) is 0.263. The molecule has 0 aliphatic rings. The molecule has 2 heterocycles. The van der Waals surface area contributed by atoms with Crippen LogP contribution in [0.3, 0.4) is 0 Å². The molecular weight excluding hydrogens is 320 g/mol. The smallest absolute Gasteiger partial charge is 0.337 e. The number of ether oxygens (including phenoxy) is 1. The van der Waals surface area contributed by atoms with Crippen molar-refractivity contribution in [3.05, 3.63) is 64.8 Å². The van der Waals surface area contributed by atoms with Crippen LogP contribution in [-0.4, -0.2) is 24.0 Å². The molecule has 6 heteroatoms. The van der Waals surface area contributed by atoms with E-state index < -0.39 is 5.63 Å². The molecule has 6 nitrogen and oxygen atoms in total. The van der Waals surface area contributed by atoms with Crippen molar-refractivity contribution in [1.29, 1.82) is 0 Å². The van der Waals surface area contributed by atoms with E-state index in [1.54, 1.807) is 49.8 Å². The summed E-state index contributed by atoms with van der Waals surface area (Å²) in [6.45, 7) is 3.81. The number of nitrogens with zero attached hydrogens (tertiary/aromatic N) is 2. The Bertz CT molecular complexity index is 964. The van der Waals surface area contributed by atoms with Crippen molar-refractivity contribution in [3.63, 3.8) is 0 Å². The summed E-state index contributed by atoms with van der Waals surface area (Å²) < 4.78 is 10.9. The number of rotatable bonds is 4. The zero-order chi connectivity index (χ0) is 18.0. The highest BCUT2D eigenvalue weighted by molar-refractivity contribution is 6.13. The largest absolute Gasteiger partial charge is 0.491 e. The van der Waals surface area contributed by atoms with E-state index in [0.29, 0.717) is 22.4 Å². The minimum Gasteiger partial charge on any atom is -0.491 e. The maximum atomic E-state index is 12.9. The summed E-state index contributed by atoms with van der Waals surface area (Å²) in [7, 11) is 1.63. The van der Waals surface area contributed by atoms with E-state index >= 15 is 0 Å². The Labute approximate surface area is 144 Å². The van der Waals surface area contributed by atoms with E-state index in [0.717, 1.165) is 0 Å². The first kappa shape index (κ1) is 16.7. The monoisotopic (exact) mass is 338 g/mol. The number of carbonyl (C=O) groups is 1. The lowest BCUT2D eigenvalue weighted by molar-refractivity contribution is 0.0994. The summed E-state index contributed by atoms with van der Waals surface area (Å²) in [5, 5.41) is 0.552. The first-order valence-electron chi connectivity index (χ1n) is 7.88. The molecule has 0 bridgehead atoms. The fourth-order valence-electron chi connectivity index (χ4n) is 2.52. The topological polar surface area (TPSA) is 72.6 Å². The molecule has 3 aromatic rings. The number of carbonyl (C=O) groups excluding carboxylic acids is 1. The van der Waals surface area contributed by atoms with Gasteiger partial charge in [0.2, 0.25) is 0 Å². The van der Waals surface area contributed by atoms with Gasteiger partial charge in [0.05, 0.1) is 23.6 Å². The van der Waals surface area contributed by atoms with E-state index in [9.17, 15) is 9.59 Å². The zero-order valence-electron chi connectivity index (χ0n) is 14.2. The van der Waals surface area contributed by atoms with Gasteiger partial charge in [-0.1, -0.05) is 0 Å². The molecule has 0 aliphatic heterocycles. The number of hydrogen-bond donors (Lipinski definition) is 0. The van der Waals surface area contributed by atoms with Gasteiger partial charge in [0, 0.05) is 30.8 Å². The minimum absolute atomic E-state index is 0.00861. The Morgan fingerprint density at radius 2 is 2.04 bits per heavy atom. The molecule has 1 aromatic carbocycles. The van der Waals surface area contributed by atoms with Gasteiger partial charge in [0.15, 0.2) is 0 Å². The van der Waals surface area contributed by atoms with Crippen LogP contribution < -0.4 is 15.3 Å². The van der Waals surface area contributed by atoms with Crippen molar-refractivity contribution >= 4 is 22.6 Å². The molecule has 3 rings (SSSR count). The maximum Gasteiger partial charge on any atom is 0.337 e. The average molecular weight is 338 g/mol. The summed E-state index contributed by atoms with van der Waals surface area (Å²) in [4.78, 5) is 30.2. The predicted octanol–water partition coefficient (Wildman–Crippen LogP) is 3.25. The molecule has 0 saturated heterocycles. The van der Waals surface area contributed by atoms with Crippen LogP contribution in [0.15, 0.2) is 58.0 Å². The van der Waals surface area contributed by atoms with Gasteiger partial charge in [0.25, 0.3) is 5.91 Å². The summed E-state index contributed by atoms with van der Waals surface area (Å²) in [6, 6.07) is 9.82. The van der Waals surface area contributed by atoms with Crippen molar-refractivity contribution < 1.29 is 13.9 Å². The van der Waals surface area contributed by atoms with Crippen molar-refractivity contribution in [2.75, 3.05) is 11.9 Å². The Morgan fingerprint density at radius 3 is 2.72 bits per heavy atom. The van der Waals surface area contributed by atoms with Crippen LogP contribution in [0.25, 0.3) is 11.0 Å². The first-order chi connectivity index (χ1) is 12.0. The van der Waals surface area contributed by atoms with Crippen LogP contribution in [0.1, 0.15) is 24.2 Å². The summed E-state index contributed by atoms with van der Waals surface area (Å²) in [5.41, 5.74) is 0.632. The lowest BCUT2D eigenvalue weighted by Gasteiger charge is -2.17. The lowest BCUT2D eigenvalue weighted by Crippen LogP contribution is -2.27. The van der Waals surface area contributed by atoms with Crippen LogP contribution in [-0.2, 0) is 0 Å². The van der Waals surface area contributed by atoms with Gasteiger partial charge in [-0.2, -0.15) is 0 Å². The molecule has 0 saturated carbocycles. The Hall–Kier alpha value is -3.15. The van der Waals surface area contributed by atoms with E-state index in [1.165, 1.54) is 11.0 Å². The van der Waals surface area contributed by atoms with E-state index in [2.05, 4.69) is 4.98 Å². The Morgan fingerprint density at radius 1 is 1.24 bits per heavy atom. The molecule has 0 unspecified atom stereocenters. The number of anilines is 1. The average Bonchev–Trinajstić information content (AvgIpc) is 2.59. The summed E-state index contributed by atoms with van der Waals surface area (Å²) >= 11 is 0. The molecule has 0 atom stereocenters. The second-order valence-electron chi connectivity index (χ2n) is 5.88. The van der Waals surface area contributed by atoms with E-state index in [1.807, 2.05) is 13.8 Å². The van der Waals surface area contributed by atoms with Crippen LogP contribution in [0.4, 0.5) is 5.69 Å². The normalized spacial score (nSPS) is 10.9. The number of fused-ring (bicyclic) bond motifs is 1. The molecule has 128 valence electrons. The number of aromatic nitrogens is 1. The third-order valence-electron chi connectivity index (χ3n) is 3.66. The van der Waals surface area contributed by atoms with Gasteiger partial charge in [-0.05, 0) is 38.1 Å². The molecule has 0 radical (unpaired) electrons. The predicted molar refractivity (Wildman–Crippen MR) is 95.2 cm³/mol.